The summed E-state index contributed by atoms with van der Waals surface area (Å²) in [6.07, 6.45) is 3.22. The third kappa shape index (κ3) is 2.26. The Morgan fingerprint density at radius 3 is 3.00 bits per heavy atom. The summed E-state index contributed by atoms with van der Waals surface area (Å²) in [5, 5.41) is 3.27. The van der Waals surface area contributed by atoms with Crippen LogP contribution in [-0.4, -0.2) is 18.6 Å². The van der Waals surface area contributed by atoms with E-state index >= 15 is 0 Å². The highest BCUT2D eigenvalue weighted by atomic mass is 19.1. The van der Waals surface area contributed by atoms with Crippen molar-refractivity contribution in [1.29, 1.82) is 0 Å². The number of piperidine rings is 1. The molecule has 2 rings (SSSR count). The van der Waals surface area contributed by atoms with Crippen LogP contribution in [0.3, 0.4) is 0 Å². The lowest BCUT2D eigenvalue weighted by atomic mass is 10.0. The van der Waals surface area contributed by atoms with Crippen molar-refractivity contribution in [3.8, 4) is 5.88 Å². The molecule has 4 heteroatoms. The number of nitrogens with zero attached hydrogens (tertiary/aromatic N) is 1. The predicted molar refractivity (Wildman–Crippen MR) is 55.3 cm³/mol. The zero-order chi connectivity index (χ0) is 10.7. The van der Waals surface area contributed by atoms with Crippen LogP contribution in [0.5, 0.6) is 5.88 Å². The van der Waals surface area contributed by atoms with E-state index in [2.05, 4.69) is 10.3 Å². The second kappa shape index (κ2) is 4.57. The fourth-order valence-corrected chi connectivity index (χ4v) is 1.88. The van der Waals surface area contributed by atoms with Gasteiger partial charge in [0.2, 0.25) is 5.88 Å². The maximum Gasteiger partial charge on any atom is 0.213 e. The quantitative estimate of drug-likeness (QED) is 0.811. The van der Waals surface area contributed by atoms with Crippen LogP contribution >= 0.6 is 0 Å². The molecule has 1 atom stereocenters. The standard InChI is InChI=1S/C11H15FN2O/c1-15-10-6-5-8(12)11(14-10)9-4-2-3-7-13-9/h5-6,9,13H,2-4,7H2,1H3. The van der Waals surface area contributed by atoms with Gasteiger partial charge in [0.15, 0.2) is 0 Å². The number of rotatable bonds is 2. The van der Waals surface area contributed by atoms with E-state index in [4.69, 9.17) is 4.74 Å². The first-order valence-corrected chi connectivity index (χ1v) is 5.25. The average Bonchev–Trinajstić information content (AvgIpc) is 2.31. The number of hydrogen-bond donors (Lipinski definition) is 1. The lowest BCUT2D eigenvalue weighted by molar-refractivity contribution is 0.367. The van der Waals surface area contributed by atoms with Gasteiger partial charge in [0.1, 0.15) is 5.82 Å². The maximum atomic E-state index is 13.5. The zero-order valence-electron chi connectivity index (χ0n) is 8.79. The Bertz CT molecular complexity index is 337. The summed E-state index contributed by atoms with van der Waals surface area (Å²) < 4.78 is 18.5. The van der Waals surface area contributed by atoms with E-state index < -0.39 is 0 Å². The molecule has 1 unspecified atom stereocenters. The molecule has 0 spiro atoms. The molecule has 0 radical (unpaired) electrons. The Balaban J connectivity index is 2.24. The van der Waals surface area contributed by atoms with Crippen molar-refractivity contribution in [1.82, 2.24) is 10.3 Å². The monoisotopic (exact) mass is 210 g/mol. The molecule has 1 aromatic heterocycles. The molecule has 0 saturated carbocycles. The third-order valence-electron chi connectivity index (χ3n) is 2.70. The Hall–Kier alpha value is -1.16. The molecule has 1 N–H and O–H groups in total. The molecule has 3 nitrogen and oxygen atoms in total. The van der Waals surface area contributed by atoms with Gasteiger partial charge in [-0.05, 0) is 25.5 Å². The molecular formula is C11H15FN2O. The molecule has 15 heavy (non-hydrogen) atoms. The molecule has 2 heterocycles. The van der Waals surface area contributed by atoms with Crippen LogP contribution < -0.4 is 10.1 Å². The molecule has 1 aliphatic heterocycles. The van der Waals surface area contributed by atoms with Gasteiger partial charge in [-0.2, -0.15) is 0 Å². The van der Waals surface area contributed by atoms with E-state index in [9.17, 15) is 4.39 Å². The Morgan fingerprint density at radius 2 is 2.33 bits per heavy atom. The number of methoxy groups -OCH3 is 1. The van der Waals surface area contributed by atoms with Crippen LogP contribution in [0.25, 0.3) is 0 Å². The first kappa shape index (κ1) is 10.4. The highest BCUT2D eigenvalue weighted by Gasteiger charge is 2.20. The number of pyridine rings is 1. The Morgan fingerprint density at radius 1 is 1.47 bits per heavy atom. The minimum Gasteiger partial charge on any atom is -0.481 e. The van der Waals surface area contributed by atoms with Crippen LogP contribution in [0.15, 0.2) is 12.1 Å². The maximum absolute atomic E-state index is 13.5. The highest BCUT2D eigenvalue weighted by Crippen LogP contribution is 2.25. The lowest BCUT2D eigenvalue weighted by Gasteiger charge is -2.23. The van der Waals surface area contributed by atoms with Crippen LogP contribution in [0.2, 0.25) is 0 Å². The molecular weight excluding hydrogens is 195 g/mol. The van der Waals surface area contributed by atoms with Gasteiger partial charge in [0.25, 0.3) is 0 Å². The molecule has 1 aliphatic rings. The van der Waals surface area contributed by atoms with Crippen molar-refractivity contribution < 1.29 is 9.13 Å². The smallest absolute Gasteiger partial charge is 0.213 e. The van der Waals surface area contributed by atoms with Gasteiger partial charge >= 0.3 is 0 Å². The second-order valence-electron chi connectivity index (χ2n) is 3.72. The fourth-order valence-electron chi connectivity index (χ4n) is 1.88. The summed E-state index contributed by atoms with van der Waals surface area (Å²) in [6, 6.07) is 2.99. The van der Waals surface area contributed by atoms with Crippen molar-refractivity contribution >= 4 is 0 Å². The zero-order valence-corrected chi connectivity index (χ0v) is 8.79. The van der Waals surface area contributed by atoms with Gasteiger partial charge in [0, 0.05) is 6.07 Å². The van der Waals surface area contributed by atoms with Crippen molar-refractivity contribution in [3.05, 3.63) is 23.6 Å². The topological polar surface area (TPSA) is 34.1 Å². The Labute approximate surface area is 88.7 Å². The van der Waals surface area contributed by atoms with Gasteiger partial charge in [-0.1, -0.05) is 6.42 Å². The van der Waals surface area contributed by atoms with Crippen molar-refractivity contribution in [2.75, 3.05) is 13.7 Å². The number of halogens is 1. The molecule has 0 amide bonds. The van der Waals surface area contributed by atoms with E-state index in [1.807, 2.05) is 0 Å². The van der Waals surface area contributed by atoms with Crippen LogP contribution in [0.1, 0.15) is 31.0 Å². The highest BCUT2D eigenvalue weighted by molar-refractivity contribution is 5.20. The summed E-state index contributed by atoms with van der Waals surface area (Å²) in [6.45, 7) is 0.934. The first-order chi connectivity index (χ1) is 7.31. The van der Waals surface area contributed by atoms with Crippen LogP contribution in [0.4, 0.5) is 4.39 Å². The SMILES string of the molecule is COc1ccc(F)c(C2CCCCN2)n1. The van der Waals surface area contributed by atoms with E-state index in [0.717, 1.165) is 25.8 Å². The number of aromatic nitrogens is 1. The molecule has 82 valence electrons. The van der Waals surface area contributed by atoms with Gasteiger partial charge < -0.3 is 10.1 Å². The van der Waals surface area contributed by atoms with Crippen molar-refractivity contribution in [2.24, 2.45) is 0 Å². The number of ether oxygens (including phenoxy) is 1. The molecule has 1 fully saturated rings. The molecule has 1 saturated heterocycles. The number of nitrogens with one attached hydrogen (secondary N) is 1. The largest absolute Gasteiger partial charge is 0.481 e. The van der Waals surface area contributed by atoms with E-state index in [0.29, 0.717) is 11.6 Å². The first-order valence-electron chi connectivity index (χ1n) is 5.25. The van der Waals surface area contributed by atoms with E-state index in [-0.39, 0.29) is 11.9 Å². The Kier molecular flexibility index (Phi) is 3.16. The van der Waals surface area contributed by atoms with Crippen LogP contribution in [0, 0.1) is 5.82 Å². The van der Waals surface area contributed by atoms with Gasteiger partial charge in [0.05, 0.1) is 18.8 Å². The molecule has 1 aromatic rings. The molecule has 0 bridgehead atoms. The van der Waals surface area contributed by atoms with Gasteiger partial charge in [-0.15, -0.1) is 0 Å². The summed E-state index contributed by atoms with van der Waals surface area (Å²) in [4.78, 5) is 4.15. The summed E-state index contributed by atoms with van der Waals surface area (Å²) in [5.74, 6) is 0.217. The number of hydrogen-bond acceptors (Lipinski definition) is 3. The summed E-state index contributed by atoms with van der Waals surface area (Å²) in [5.41, 5.74) is 0.481. The van der Waals surface area contributed by atoms with E-state index in [1.54, 1.807) is 6.07 Å². The average molecular weight is 210 g/mol. The molecule has 0 aliphatic carbocycles. The van der Waals surface area contributed by atoms with E-state index in [1.165, 1.54) is 13.2 Å². The fraction of sp³-hybridized carbons (Fsp3) is 0.545. The van der Waals surface area contributed by atoms with Crippen LogP contribution in [-0.2, 0) is 0 Å². The lowest BCUT2D eigenvalue weighted by Crippen LogP contribution is -2.28. The van der Waals surface area contributed by atoms with Crippen molar-refractivity contribution in [3.63, 3.8) is 0 Å². The third-order valence-corrected chi connectivity index (χ3v) is 2.70. The second-order valence-corrected chi connectivity index (χ2v) is 3.72. The molecule has 0 aromatic carbocycles. The van der Waals surface area contributed by atoms with Gasteiger partial charge in [-0.25, -0.2) is 9.37 Å². The van der Waals surface area contributed by atoms with Crippen molar-refractivity contribution in [2.45, 2.75) is 25.3 Å². The normalized spacial score (nSPS) is 21.3. The van der Waals surface area contributed by atoms with Gasteiger partial charge in [-0.3, -0.25) is 0 Å². The summed E-state index contributed by atoms with van der Waals surface area (Å²) in [7, 11) is 1.54. The summed E-state index contributed by atoms with van der Waals surface area (Å²) >= 11 is 0. The minimum absolute atomic E-state index is 0.0360. The minimum atomic E-state index is -0.254. The predicted octanol–water partition coefficient (Wildman–Crippen LogP) is 2.04.